The molecule has 0 bridgehead atoms. The van der Waals surface area contributed by atoms with Crippen LogP contribution in [0.2, 0.25) is 20.1 Å². The van der Waals surface area contributed by atoms with Gasteiger partial charge in [0.15, 0.2) is 23.3 Å². The first-order valence-electron chi connectivity index (χ1n) is 30.0. The maximum absolute atomic E-state index is 14.4. The Morgan fingerprint density at radius 1 is 0.476 bits per heavy atom. The standard InChI is InChI=1S/C20H16ClFN4O3.C18H13ClFN5O2.C18H12ClFN4O3.C12H7ClFIN2O.Na.H2O/c1-2-29-20(27)13-8-23-6-5-16(13)24-19-14-9-28-10-17(14)25-18(26-19)12-7-11(21)3-4-15(12)22;19-9-1-2-13(20)10(5-9)17-24-15-8-27-7-12(15)18(25-17)23-14-3-4-22-6-11(14)16(21)26;19-9-1-2-13(20)10(5-9)16-23-15-8-27-7-12(15)17(24-16)22-14-3-4-21-6-11(14)18(25)26;13-6-1-2-9(14)7(3-6)12-16-10-5-18-4-8(10)11(15)17-12;;/h3-8H,2,9-10H2,1H3,(H,23,24,25,26);1-6H,7-8H2,(H2,21,26)(H,22,23,24,25);1-6H,7-8H2,(H,25,26)(H,21,22,23,24);1-3H,4-5H2;;1H2/q;;;;+1;/p-1. The van der Waals surface area contributed by atoms with E-state index in [0.717, 1.165) is 26.1 Å². The van der Waals surface area contributed by atoms with Crippen molar-refractivity contribution in [2.24, 2.45) is 5.73 Å². The van der Waals surface area contributed by atoms with Crippen molar-refractivity contribution in [1.82, 2.24) is 54.8 Å². The number of carboxylic acid groups (broad SMARTS) is 1. The molecule has 11 aromatic rings. The number of primary amides is 1. The molecule has 25 nitrogen and oxygen atoms in total. The minimum Gasteiger partial charge on any atom is -0.870 e. The smallest absolute Gasteiger partial charge is 0.870 e. The number of aromatic nitrogens is 11. The number of ether oxygens (including phenoxy) is 5. The Hall–Kier alpha value is -9.13. The monoisotopic (exact) mass is 1600 g/mol. The van der Waals surface area contributed by atoms with Crippen molar-refractivity contribution in [3.8, 4) is 45.6 Å². The van der Waals surface area contributed by atoms with E-state index in [0.29, 0.717) is 115 Å². The summed E-state index contributed by atoms with van der Waals surface area (Å²) in [4.78, 5) is 82.2. The second-order valence-electron chi connectivity index (χ2n) is 21.7. The molecule has 0 atom stereocenters. The molecular weight excluding hydrogens is 1550 g/mol. The van der Waals surface area contributed by atoms with Crippen LogP contribution in [0.3, 0.4) is 0 Å². The number of nitrogens with two attached hydrogens (primary N) is 1. The van der Waals surface area contributed by atoms with Gasteiger partial charge in [-0.05, 0) is 121 Å². The first-order valence-corrected chi connectivity index (χ1v) is 32.6. The second kappa shape index (κ2) is 34.4. The van der Waals surface area contributed by atoms with Gasteiger partial charge in [0.05, 0.1) is 127 Å². The van der Waals surface area contributed by atoms with E-state index in [1.54, 1.807) is 25.3 Å². The van der Waals surface area contributed by atoms with E-state index in [2.05, 4.69) is 93.4 Å². The van der Waals surface area contributed by atoms with Crippen LogP contribution in [0, 0.1) is 27.0 Å². The number of nitrogens with one attached hydrogen (secondary N) is 3. The third kappa shape index (κ3) is 17.9. The van der Waals surface area contributed by atoms with E-state index in [9.17, 15) is 37.1 Å². The van der Waals surface area contributed by atoms with Crippen LogP contribution in [0.15, 0.2) is 128 Å². The van der Waals surface area contributed by atoms with E-state index >= 15 is 0 Å². The van der Waals surface area contributed by atoms with Crippen molar-refractivity contribution < 1.29 is 95.8 Å². The van der Waals surface area contributed by atoms with Crippen LogP contribution < -0.4 is 51.2 Å². The fraction of sp³-hybridized carbons (Fsp3) is 0.147. The molecule has 520 valence electrons. The number of pyridine rings is 3. The van der Waals surface area contributed by atoms with Gasteiger partial charge in [0.25, 0.3) is 5.91 Å². The molecule has 0 fully saturated rings. The van der Waals surface area contributed by atoms with Gasteiger partial charge >= 0.3 is 41.5 Å². The Labute approximate surface area is 637 Å². The maximum atomic E-state index is 14.4. The van der Waals surface area contributed by atoms with Crippen molar-refractivity contribution in [2.75, 3.05) is 22.6 Å². The third-order valence-corrected chi connectivity index (χ3v) is 17.0. The molecule has 4 aromatic carbocycles. The summed E-state index contributed by atoms with van der Waals surface area (Å²) >= 11 is 26.0. The summed E-state index contributed by atoms with van der Waals surface area (Å²) in [6.45, 7) is 4.61. The number of hydrogen-bond acceptors (Lipinski definition) is 23. The maximum Gasteiger partial charge on any atom is 1.00 e. The molecule has 0 unspecified atom stereocenters. The van der Waals surface area contributed by atoms with Crippen LogP contribution in [-0.4, -0.2) is 89.9 Å². The average Bonchev–Trinajstić information content (AvgIpc) is 1.77. The van der Waals surface area contributed by atoms with Crippen LogP contribution in [0.25, 0.3) is 45.6 Å². The third-order valence-electron chi connectivity index (χ3n) is 15.2. The summed E-state index contributed by atoms with van der Waals surface area (Å²) in [6.07, 6.45) is 8.53. The number of benzene rings is 4. The van der Waals surface area contributed by atoms with Crippen LogP contribution >= 0.6 is 69.0 Å². The number of fused-ring (bicyclic) bond motifs is 4. The predicted octanol–water partition coefficient (Wildman–Crippen LogP) is 11.7. The van der Waals surface area contributed by atoms with E-state index in [4.69, 9.17) is 75.8 Å². The van der Waals surface area contributed by atoms with Gasteiger partial charge in [-0.1, -0.05) is 46.4 Å². The molecule has 1 amide bonds. The van der Waals surface area contributed by atoms with Gasteiger partial charge in [-0.2, -0.15) is 0 Å². The van der Waals surface area contributed by atoms with Gasteiger partial charge in [-0.3, -0.25) is 19.7 Å². The first-order chi connectivity index (χ1) is 48.8. The molecule has 0 radical (unpaired) electrons. The quantitative estimate of drug-likeness (QED) is 0.0222. The van der Waals surface area contributed by atoms with Crippen LogP contribution in [0.5, 0.6) is 0 Å². The van der Waals surface area contributed by atoms with Gasteiger partial charge < -0.3 is 56.0 Å². The Morgan fingerprint density at radius 3 is 1.14 bits per heavy atom. The fourth-order valence-electron chi connectivity index (χ4n) is 10.3. The number of anilines is 6. The van der Waals surface area contributed by atoms with E-state index in [1.165, 1.54) is 110 Å². The van der Waals surface area contributed by atoms with Crippen molar-refractivity contribution >= 4 is 121 Å². The Bertz CT molecular complexity index is 4920. The number of aromatic carboxylic acids is 1. The van der Waals surface area contributed by atoms with Gasteiger partial charge in [-0.25, -0.2) is 67.0 Å². The molecule has 4 aliphatic heterocycles. The number of carboxylic acids is 1. The SMILES string of the molecule is CCOC(=O)c1cnccc1Nc1nc(-c2cc(Cl)ccc2F)nc2c1COC2.Fc1ccc(Cl)cc1-c1nc(I)c2c(n1)COC2.NC(=O)c1cnccc1Nc1nc(-c2cc(Cl)ccc2F)nc2c1COC2.O=C(O)c1cnccc1Nc1nc(-c2cc(Cl)ccc2F)nc2c1COC2.[Na+].[OH-]. The molecule has 7 N–H and O–H groups in total. The summed E-state index contributed by atoms with van der Waals surface area (Å²) in [7, 11) is 0. The average molecular weight is 1600 g/mol. The number of carbonyl (C=O) groups excluding carboxylic acids is 2. The number of esters is 1. The summed E-state index contributed by atoms with van der Waals surface area (Å²) in [5.41, 5.74) is 13.7. The van der Waals surface area contributed by atoms with E-state index < -0.39 is 35.3 Å². The van der Waals surface area contributed by atoms with Gasteiger partial charge in [-0.15, -0.1) is 0 Å². The summed E-state index contributed by atoms with van der Waals surface area (Å²) in [6, 6.07) is 21.6. The number of hydrogen-bond donors (Lipinski definition) is 5. The van der Waals surface area contributed by atoms with E-state index in [-0.39, 0.29) is 125 Å². The number of carbonyl (C=O) groups is 3. The number of amides is 1. The fourth-order valence-corrected chi connectivity index (χ4v) is 11.6. The normalized spacial score (nSPS) is 12.6. The first kappa shape index (κ1) is 76.5. The van der Waals surface area contributed by atoms with Gasteiger partial charge in [0.2, 0.25) is 0 Å². The molecule has 0 saturated carbocycles. The molecular formula is C68H49Cl4F4IN15NaO10. The number of nitrogens with zero attached hydrogens (tertiary/aromatic N) is 11. The number of rotatable bonds is 14. The van der Waals surface area contributed by atoms with Gasteiger partial charge in [0, 0.05) is 79.5 Å². The van der Waals surface area contributed by atoms with Crippen LogP contribution in [-0.2, 0) is 76.5 Å². The zero-order valence-electron chi connectivity index (χ0n) is 53.5. The van der Waals surface area contributed by atoms with Gasteiger partial charge in [0.1, 0.15) is 55.6 Å². The zero-order chi connectivity index (χ0) is 71.0. The molecule has 0 spiro atoms. The predicted molar refractivity (Wildman–Crippen MR) is 372 cm³/mol. The molecule has 35 heteroatoms. The van der Waals surface area contributed by atoms with E-state index in [1.807, 2.05) is 0 Å². The van der Waals surface area contributed by atoms with Crippen molar-refractivity contribution in [2.45, 2.75) is 59.8 Å². The Balaban J connectivity index is 0.000000148. The Morgan fingerprint density at radius 2 is 0.786 bits per heavy atom. The summed E-state index contributed by atoms with van der Waals surface area (Å²) in [5, 5.41) is 20.1. The molecule has 15 rings (SSSR count). The van der Waals surface area contributed by atoms with Crippen molar-refractivity contribution in [3.05, 3.63) is 237 Å². The largest absolute Gasteiger partial charge is 1.00 e. The molecule has 103 heavy (non-hydrogen) atoms. The zero-order valence-corrected chi connectivity index (χ0v) is 60.7. The molecule has 7 aromatic heterocycles. The molecule has 0 saturated heterocycles. The number of halogens is 9. The van der Waals surface area contributed by atoms with Crippen molar-refractivity contribution in [1.29, 1.82) is 0 Å². The van der Waals surface area contributed by atoms with Crippen LogP contribution in [0.4, 0.5) is 52.1 Å². The second-order valence-corrected chi connectivity index (χ2v) is 24.5. The molecule has 11 heterocycles. The van der Waals surface area contributed by atoms with Crippen LogP contribution in [0.1, 0.15) is 83.0 Å². The minimum absolute atomic E-state index is 0. The molecule has 0 aliphatic carbocycles. The Kier molecular flexibility index (Phi) is 25.6. The summed E-state index contributed by atoms with van der Waals surface area (Å²) in [5.74, 6) is -2.17. The summed E-state index contributed by atoms with van der Waals surface area (Å²) < 4.78 is 84.2. The topological polar surface area (TPSA) is 351 Å². The van der Waals surface area contributed by atoms with Crippen molar-refractivity contribution in [3.63, 3.8) is 0 Å². The minimum atomic E-state index is -1.13. The molecule has 4 aliphatic rings.